The predicted octanol–water partition coefficient (Wildman–Crippen LogP) is 5.70. The van der Waals surface area contributed by atoms with Crippen molar-refractivity contribution >= 4 is 39.3 Å². The predicted molar refractivity (Wildman–Crippen MR) is 136 cm³/mol. The summed E-state index contributed by atoms with van der Waals surface area (Å²) in [4.78, 5) is 13.2. The second-order valence-electron chi connectivity index (χ2n) is 7.92. The maximum Gasteiger partial charge on any atom is 0.182 e. The van der Waals surface area contributed by atoms with Gasteiger partial charge in [-0.25, -0.2) is 9.50 Å². The van der Waals surface area contributed by atoms with Crippen LogP contribution in [0.5, 0.6) is 0 Å². The van der Waals surface area contributed by atoms with Crippen LogP contribution in [-0.4, -0.2) is 24.6 Å². The van der Waals surface area contributed by atoms with Crippen molar-refractivity contribution < 1.29 is 0 Å². The molecule has 166 valence electrons. The van der Waals surface area contributed by atoms with Crippen molar-refractivity contribution in [2.24, 2.45) is 0 Å². The zero-order chi connectivity index (χ0) is 23.6. The molecule has 0 amide bonds. The molecule has 0 spiro atoms. The number of benzene rings is 2. The lowest BCUT2D eigenvalue weighted by Crippen LogP contribution is -1.95. The normalized spacial score (nSPS) is 10.8. The highest BCUT2D eigenvalue weighted by atomic mass is 15.3. The van der Waals surface area contributed by atoms with Gasteiger partial charge in [-0.3, -0.25) is 9.97 Å². The molecule has 0 fully saturated rings. The van der Waals surface area contributed by atoms with Crippen LogP contribution in [0.25, 0.3) is 27.9 Å². The van der Waals surface area contributed by atoms with Gasteiger partial charge in [-0.15, -0.1) is 5.10 Å². The van der Waals surface area contributed by atoms with Crippen molar-refractivity contribution in [2.45, 2.75) is 0 Å². The molecule has 0 aliphatic heterocycles. The highest BCUT2D eigenvalue weighted by molar-refractivity contribution is 5.93. The Hall–Kier alpha value is -5.29. The third-order valence-corrected chi connectivity index (χ3v) is 5.58. The molecule has 4 heterocycles. The van der Waals surface area contributed by atoms with E-state index in [2.05, 4.69) is 31.8 Å². The SMILES string of the molecule is N#Cc1ccc2nccc(Nc3ccn4nc(-c5cccc(Nc6ccncc6)c5)nc4c3)c2c1. The van der Waals surface area contributed by atoms with Gasteiger partial charge in [0, 0.05) is 64.6 Å². The van der Waals surface area contributed by atoms with Crippen LogP contribution in [0, 0.1) is 11.3 Å². The van der Waals surface area contributed by atoms with E-state index in [-0.39, 0.29) is 0 Å². The Labute approximate surface area is 200 Å². The monoisotopic (exact) mass is 454 g/mol. The van der Waals surface area contributed by atoms with E-state index in [1.807, 2.05) is 72.9 Å². The summed E-state index contributed by atoms with van der Waals surface area (Å²) in [7, 11) is 0. The van der Waals surface area contributed by atoms with E-state index < -0.39 is 0 Å². The maximum atomic E-state index is 9.27. The molecule has 2 aromatic carbocycles. The molecule has 0 saturated carbocycles. The number of rotatable bonds is 5. The number of aromatic nitrogens is 5. The molecule has 6 aromatic rings. The van der Waals surface area contributed by atoms with E-state index in [0.29, 0.717) is 17.0 Å². The number of nitriles is 1. The minimum Gasteiger partial charge on any atom is -0.355 e. The van der Waals surface area contributed by atoms with Gasteiger partial charge < -0.3 is 10.6 Å². The third-order valence-electron chi connectivity index (χ3n) is 5.58. The fourth-order valence-corrected chi connectivity index (χ4v) is 3.90. The molecule has 0 aliphatic rings. The fraction of sp³-hybridized carbons (Fsp3) is 0. The average Bonchev–Trinajstić information content (AvgIpc) is 3.33. The lowest BCUT2D eigenvalue weighted by atomic mass is 10.1. The highest BCUT2D eigenvalue weighted by Crippen LogP contribution is 2.27. The molecule has 8 nitrogen and oxygen atoms in total. The molecule has 0 unspecified atom stereocenters. The van der Waals surface area contributed by atoms with Gasteiger partial charge in [0.2, 0.25) is 0 Å². The van der Waals surface area contributed by atoms with Gasteiger partial charge in [-0.2, -0.15) is 5.26 Å². The Morgan fingerprint density at radius 3 is 2.57 bits per heavy atom. The van der Waals surface area contributed by atoms with Crippen molar-refractivity contribution in [1.29, 1.82) is 5.26 Å². The van der Waals surface area contributed by atoms with Gasteiger partial charge in [0.1, 0.15) is 0 Å². The van der Waals surface area contributed by atoms with E-state index in [9.17, 15) is 5.26 Å². The van der Waals surface area contributed by atoms with Gasteiger partial charge in [0.15, 0.2) is 11.5 Å². The summed E-state index contributed by atoms with van der Waals surface area (Å²) < 4.78 is 1.75. The summed E-state index contributed by atoms with van der Waals surface area (Å²) in [6, 6.07) is 25.2. The van der Waals surface area contributed by atoms with E-state index in [0.717, 1.165) is 39.2 Å². The van der Waals surface area contributed by atoms with Crippen LogP contribution >= 0.6 is 0 Å². The molecule has 6 rings (SSSR count). The van der Waals surface area contributed by atoms with Crippen LogP contribution in [-0.2, 0) is 0 Å². The number of fused-ring (bicyclic) bond motifs is 2. The lowest BCUT2D eigenvalue weighted by Gasteiger charge is -2.09. The summed E-state index contributed by atoms with van der Waals surface area (Å²) in [6.45, 7) is 0. The fourth-order valence-electron chi connectivity index (χ4n) is 3.90. The number of hydrogen-bond donors (Lipinski definition) is 2. The first-order valence-electron chi connectivity index (χ1n) is 10.9. The molecule has 4 aromatic heterocycles. The lowest BCUT2D eigenvalue weighted by molar-refractivity contribution is 0.966. The summed E-state index contributed by atoms with van der Waals surface area (Å²) >= 11 is 0. The number of pyridine rings is 3. The van der Waals surface area contributed by atoms with Gasteiger partial charge >= 0.3 is 0 Å². The Balaban J connectivity index is 1.30. The molecule has 2 N–H and O–H groups in total. The Morgan fingerprint density at radius 1 is 0.800 bits per heavy atom. The largest absolute Gasteiger partial charge is 0.355 e. The van der Waals surface area contributed by atoms with Gasteiger partial charge in [0.25, 0.3) is 0 Å². The molecular formula is C27H18N8. The number of hydrogen-bond acceptors (Lipinski definition) is 7. The second kappa shape index (κ2) is 8.57. The topological polar surface area (TPSA) is 104 Å². The smallest absolute Gasteiger partial charge is 0.182 e. The first kappa shape index (κ1) is 20.3. The minimum atomic E-state index is 0.590. The standard InChI is InChI=1S/C27H18N8/c28-17-18-4-5-24-23(14-18)25(8-12-30-24)32-22-9-13-35-26(16-22)33-27(34-35)19-2-1-3-21(15-19)31-20-6-10-29-11-7-20/h1-16H,(H,29,31)(H,30,32). The van der Waals surface area contributed by atoms with Gasteiger partial charge in [0.05, 0.1) is 17.1 Å². The summed E-state index contributed by atoms with van der Waals surface area (Å²) in [5.74, 6) is 0.633. The van der Waals surface area contributed by atoms with Gasteiger partial charge in [-0.05, 0) is 54.6 Å². The Bertz CT molecular complexity index is 1720. The molecule has 0 saturated heterocycles. The second-order valence-corrected chi connectivity index (χ2v) is 7.92. The van der Waals surface area contributed by atoms with E-state index in [4.69, 9.17) is 4.98 Å². The van der Waals surface area contributed by atoms with Crippen LogP contribution < -0.4 is 10.6 Å². The summed E-state index contributed by atoms with van der Waals surface area (Å²) in [6.07, 6.45) is 7.12. The number of nitrogens with one attached hydrogen (secondary N) is 2. The molecular weight excluding hydrogens is 436 g/mol. The van der Waals surface area contributed by atoms with Crippen molar-refractivity contribution in [2.75, 3.05) is 10.6 Å². The number of nitrogens with zero attached hydrogens (tertiary/aromatic N) is 6. The van der Waals surface area contributed by atoms with Crippen LogP contribution in [0.3, 0.4) is 0 Å². The summed E-state index contributed by atoms with van der Waals surface area (Å²) in [5.41, 5.74) is 6.66. The van der Waals surface area contributed by atoms with Crippen LogP contribution in [0.4, 0.5) is 22.7 Å². The van der Waals surface area contributed by atoms with Gasteiger partial charge in [-0.1, -0.05) is 12.1 Å². The first-order valence-corrected chi connectivity index (χ1v) is 10.9. The maximum absolute atomic E-state index is 9.27. The van der Waals surface area contributed by atoms with Crippen molar-refractivity contribution in [3.05, 3.63) is 103 Å². The van der Waals surface area contributed by atoms with E-state index >= 15 is 0 Å². The molecule has 0 radical (unpaired) electrons. The molecule has 35 heavy (non-hydrogen) atoms. The minimum absolute atomic E-state index is 0.590. The Kier molecular flexibility index (Phi) is 4.98. The van der Waals surface area contributed by atoms with Crippen molar-refractivity contribution in [3.63, 3.8) is 0 Å². The average molecular weight is 454 g/mol. The highest BCUT2D eigenvalue weighted by Gasteiger charge is 2.09. The van der Waals surface area contributed by atoms with Crippen molar-refractivity contribution in [1.82, 2.24) is 24.6 Å². The Morgan fingerprint density at radius 2 is 1.69 bits per heavy atom. The quantitative estimate of drug-likeness (QED) is 0.344. The van der Waals surface area contributed by atoms with Crippen LogP contribution in [0.1, 0.15) is 5.56 Å². The zero-order valence-electron chi connectivity index (χ0n) is 18.4. The molecule has 8 heteroatoms. The van der Waals surface area contributed by atoms with Crippen LogP contribution in [0.15, 0.2) is 97.6 Å². The molecule has 0 atom stereocenters. The number of anilines is 4. The summed E-state index contributed by atoms with van der Waals surface area (Å²) in [5, 5.41) is 21.6. The van der Waals surface area contributed by atoms with E-state index in [1.165, 1.54) is 0 Å². The molecule has 0 aliphatic carbocycles. The molecule has 0 bridgehead atoms. The zero-order valence-corrected chi connectivity index (χ0v) is 18.4. The first-order chi connectivity index (χ1) is 17.2. The van der Waals surface area contributed by atoms with Crippen molar-refractivity contribution in [3.8, 4) is 17.5 Å². The van der Waals surface area contributed by atoms with Crippen LogP contribution in [0.2, 0.25) is 0 Å². The van der Waals surface area contributed by atoms with E-state index in [1.54, 1.807) is 29.2 Å². The third kappa shape index (κ3) is 4.10.